The lowest BCUT2D eigenvalue weighted by Gasteiger charge is -2.25. The van der Waals surface area contributed by atoms with Crippen molar-refractivity contribution in [3.05, 3.63) is 64.2 Å². The molecule has 3 unspecified atom stereocenters. The Morgan fingerprint density at radius 3 is 2.38 bits per heavy atom. The van der Waals surface area contributed by atoms with Gasteiger partial charge in [-0.1, -0.05) is 37.8 Å². The van der Waals surface area contributed by atoms with Gasteiger partial charge in [-0.05, 0) is 50.6 Å². The van der Waals surface area contributed by atoms with Crippen LogP contribution in [-0.2, 0) is 25.5 Å². The van der Waals surface area contributed by atoms with Crippen molar-refractivity contribution >= 4 is 40.5 Å². The summed E-state index contributed by atoms with van der Waals surface area (Å²) in [6, 6.07) is 3.18. The van der Waals surface area contributed by atoms with E-state index in [0.29, 0.717) is 39.0 Å². The average molecular weight is 807 g/mol. The fourth-order valence-corrected chi connectivity index (χ4v) is 6.97. The van der Waals surface area contributed by atoms with Crippen molar-refractivity contribution < 1.29 is 52.4 Å². The van der Waals surface area contributed by atoms with Crippen molar-refractivity contribution in [2.45, 2.75) is 76.3 Å². The van der Waals surface area contributed by atoms with E-state index in [9.17, 15) is 38.2 Å². The number of nitrogens with two attached hydrogens (primary N) is 1. The summed E-state index contributed by atoms with van der Waals surface area (Å²) in [6.45, 7) is 2.95. The van der Waals surface area contributed by atoms with Crippen molar-refractivity contribution in [2.75, 3.05) is 64.1 Å². The Bertz CT molecular complexity index is 1650. The molecule has 1 saturated heterocycles. The highest BCUT2D eigenvalue weighted by atomic mass is 32.1. The number of ether oxygens (including phenoxy) is 3. The maximum atomic E-state index is 14.2. The van der Waals surface area contributed by atoms with E-state index in [1.165, 1.54) is 35.6 Å². The molecule has 0 saturated carbocycles. The molecule has 2 aliphatic rings. The van der Waals surface area contributed by atoms with E-state index in [2.05, 4.69) is 20.5 Å². The van der Waals surface area contributed by atoms with Crippen LogP contribution in [0.5, 0.6) is 5.75 Å². The quantitative estimate of drug-likeness (QED) is 0.0290. The van der Waals surface area contributed by atoms with Crippen LogP contribution in [0.15, 0.2) is 47.4 Å². The van der Waals surface area contributed by atoms with Crippen molar-refractivity contribution in [3.63, 3.8) is 0 Å². The number of aromatic nitrogens is 1. The van der Waals surface area contributed by atoms with E-state index in [4.69, 9.17) is 19.9 Å². The summed E-state index contributed by atoms with van der Waals surface area (Å²) in [5.41, 5.74) is 6.21. The van der Waals surface area contributed by atoms with Gasteiger partial charge in [0.2, 0.25) is 5.91 Å². The molecular formula is C38H52F2N6O9S. The number of unbranched alkanes of at least 4 members (excludes halogenated alkanes) is 5. The number of morpholine rings is 1. The Morgan fingerprint density at radius 1 is 1.02 bits per heavy atom. The van der Waals surface area contributed by atoms with Gasteiger partial charge in [0.05, 0.1) is 36.6 Å². The SMILES string of the molecule is NC(=O)C(CCC=O)N1C(=O)c2cccc(OCC(O)NCCCCCCCCNC(O)COC/C(F)=C(F)\C=C/Cc3csc(N4CCOCC4)n3)c2C1=O. The summed E-state index contributed by atoms with van der Waals surface area (Å²) in [4.78, 5) is 56.3. The molecule has 1 aromatic carbocycles. The number of fused-ring (bicyclic) bond motifs is 1. The first-order valence-electron chi connectivity index (χ1n) is 18.9. The molecule has 56 heavy (non-hydrogen) atoms. The van der Waals surface area contributed by atoms with Crippen molar-refractivity contribution in [2.24, 2.45) is 5.73 Å². The number of carbonyl (C=O) groups excluding carboxylic acids is 4. The number of halogens is 2. The molecule has 308 valence electrons. The van der Waals surface area contributed by atoms with Gasteiger partial charge < -0.3 is 39.9 Å². The number of aldehydes is 1. The number of aliphatic hydroxyl groups excluding tert-OH is 2. The molecule has 0 spiro atoms. The molecule has 3 amide bonds. The van der Waals surface area contributed by atoms with Gasteiger partial charge in [0.1, 0.15) is 43.7 Å². The Balaban J connectivity index is 1.00. The molecule has 1 fully saturated rings. The van der Waals surface area contributed by atoms with Crippen LogP contribution < -0.4 is 26.0 Å². The third-order valence-electron chi connectivity index (χ3n) is 9.04. The number of benzene rings is 1. The maximum Gasteiger partial charge on any atom is 0.266 e. The number of amides is 3. The number of hydrogen-bond acceptors (Lipinski definition) is 14. The number of carbonyl (C=O) groups is 4. The number of primary amides is 1. The predicted octanol–water partition coefficient (Wildman–Crippen LogP) is 2.91. The van der Waals surface area contributed by atoms with Gasteiger partial charge in [-0.2, -0.15) is 0 Å². The summed E-state index contributed by atoms with van der Waals surface area (Å²) in [5, 5.41) is 29.1. The van der Waals surface area contributed by atoms with Gasteiger partial charge in [0.25, 0.3) is 11.8 Å². The van der Waals surface area contributed by atoms with Gasteiger partial charge in [-0.25, -0.2) is 13.8 Å². The monoisotopic (exact) mass is 806 g/mol. The van der Waals surface area contributed by atoms with E-state index in [1.54, 1.807) is 0 Å². The number of nitrogens with zero attached hydrogens (tertiary/aromatic N) is 3. The second-order valence-corrected chi connectivity index (χ2v) is 14.1. The van der Waals surface area contributed by atoms with Crippen LogP contribution in [0.4, 0.5) is 13.9 Å². The molecule has 4 rings (SSSR count). The molecule has 0 radical (unpaired) electrons. The van der Waals surface area contributed by atoms with Gasteiger partial charge in [0.15, 0.2) is 16.8 Å². The molecule has 15 nitrogen and oxygen atoms in total. The number of anilines is 1. The van der Waals surface area contributed by atoms with Crippen LogP contribution in [0.2, 0.25) is 0 Å². The molecule has 2 aliphatic heterocycles. The van der Waals surface area contributed by atoms with Gasteiger partial charge in [-0.3, -0.25) is 29.9 Å². The largest absolute Gasteiger partial charge is 0.489 e. The molecule has 6 N–H and O–H groups in total. The zero-order valence-electron chi connectivity index (χ0n) is 31.3. The first-order chi connectivity index (χ1) is 27.1. The van der Waals surface area contributed by atoms with Gasteiger partial charge in [-0.15, -0.1) is 11.3 Å². The Morgan fingerprint density at radius 2 is 1.70 bits per heavy atom. The number of thiazole rings is 1. The summed E-state index contributed by atoms with van der Waals surface area (Å²) < 4.78 is 44.4. The first-order valence-corrected chi connectivity index (χ1v) is 19.7. The summed E-state index contributed by atoms with van der Waals surface area (Å²) in [7, 11) is 0. The van der Waals surface area contributed by atoms with Crippen molar-refractivity contribution in [3.8, 4) is 5.75 Å². The molecule has 0 bridgehead atoms. The van der Waals surface area contributed by atoms with Crippen LogP contribution in [0.25, 0.3) is 0 Å². The Kier molecular flexibility index (Phi) is 18.9. The van der Waals surface area contributed by atoms with E-state index in [1.807, 2.05) is 5.38 Å². The predicted molar refractivity (Wildman–Crippen MR) is 204 cm³/mol. The summed E-state index contributed by atoms with van der Waals surface area (Å²) >= 11 is 1.51. The number of aliphatic hydroxyl groups is 2. The topological polar surface area (TPSA) is 206 Å². The number of allylic oxidation sites excluding steroid dienone is 3. The first kappa shape index (κ1) is 44.5. The number of rotatable bonds is 27. The van der Waals surface area contributed by atoms with Crippen molar-refractivity contribution in [1.29, 1.82) is 0 Å². The smallest absolute Gasteiger partial charge is 0.266 e. The Hall–Kier alpha value is -4.17. The minimum absolute atomic E-state index is 0.0263. The number of hydrogen-bond donors (Lipinski definition) is 5. The zero-order chi connectivity index (χ0) is 40.3. The highest BCUT2D eigenvalue weighted by Gasteiger charge is 2.43. The standard InChI is InChI=1S/C38H52F2N6O9S/c39-28(12-7-10-26-25-56-38(44-26)45-17-20-53-21-18-45)29(40)22-54-23-32(48)42-15-5-3-1-2-4-6-16-43-33(49)24-55-31-14-8-11-27-34(31)37(52)46(36(27)51)30(35(41)50)13-9-19-47/h7-8,11-12,14,19,25,30,32-33,42-43,48-49H,1-6,9-10,13,15-18,20-24H2,(H2,41,50)/b12-7-,29-28-. The van der Waals surface area contributed by atoms with Crippen LogP contribution in [-0.4, -0.2) is 122 Å². The third kappa shape index (κ3) is 13.8. The number of nitrogens with one attached hydrogen (secondary N) is 2. The van der Waals surface area contributed by atoms with Crippen LogP contribution in [0, 0.1) is 0 Å². The lowest BCUT2D eigenvalue weighted by atomic mass is 10.1. The highest BCUT2D eigenvalue weighted by molar-refractivity contribution is 7.13. The normalized spacial score (nSPS) is 16.6. The lowest BCUT2D eigenvalue weighted by Crippen LogP contribution is -2.47. The Labute approximate surface area is 328 Å². The van der Waals surface area contributed by atoms with Crippen LogP contribution in [0.1, 0.15) is 77.8 Å². The molecular weight excluding hydrogens is 755 g/mol. The average Bonchev–Trinajstić information content (AvgIpc) is 3.77. The van der Waals surface area contributed by atoms with Crippen molar-refractivity contribution in [1.82, 2.24) is 20.5 Å². The molecule has 3 heterocycles. The summed E-state index contributed by atoms with van der Waals surface area (Å²) in [6.07, 6.45) is 6.71. The summed E-state index contributed by atoms with van der Waals surface area (Å²) in [5.74, 6) is -4.35. The molecule has 1 aromatic heterocycles. The molecule has 18 heteroatoms. The maximum absolute atomic E-state index is 14.2. The molecule has 0 aliphatic carbocycles. The third-order valence-corrected chi connectivity index (χ3v) is 9.99. The minimum atomic E-state index is -1.27. The van der Waals surface area contributed by atoms with E-state index in [-0.39, 0.29) is 42.9 Å². The fraction of sp³-hybridized carbons (Fsp3) is 0.553. The van der Waals surface area contributed by atoms with Crippen LogP contribution in [0.3, 0.4) is 0 Å². The van der Waals surface area contributed by atoms with E-state index in [0.717, 1.165) is 73.4 Å². The minimum Gasteiger partial charge on any atom is -0.489 e. The van der Waals surface area contributed by atoms with E-state index >= 15 is 0 Å². The zero-order valence-corrected chi connectivity index (χ0v) is 32.2. The lowest BCUT2D eigenvalue weighted by molar-refractivity contribution is -0.122. The van der Waals surface area contributed by atoms with Gasteiger partial charge in [0, 0.05) is 31.3 Å². The molecule has 3 atom stereocenters. The second kappa shape index (κ2) is 23.8. The second-order valence-electron chi connectivity index (χ2n) is 13.3. The fourth-order valence-electron chi connectivity index (χ4n) is 6.07. The highest BCUT2D eigenvalue weighted by Crippen LogP contribution is 2.33. The molecule has 2 aromatic rings. The number of imide groups is 1. The van der Waals surface area contributed by atoms with Gasteiger partial charge >= 0.3 is 0 Å². The van der Waals surface area contributed by atoms with Crippen LogP contribution >= 0.6 is 11.3 Å². The van der Waals surface area contributed by atoms with E-state index < -0.39 is 54.5 Å².